The van der Waals surface area contributed by atoms with Gasteiger partial charge in [-0.1, -0.05) is 6.92 Å². The molecule has 2 aromatic heterocycles. The summed E-state index contributed by atoms with van der Waals surface area (Å²) in [5.41, 5.74) is -0.694. The Morgan fingerprint density at radius 1 is 1.42 bits per heavy atom. The summed E-state index contributed by atoms with van der Waals surface area (Å²) in [6.07, 6.45) is 4.11. The third-order valence-corrected chi connectivity index (χ3v) is 6.91. The molecule has 0 bridgehead atoms. The maximum Gasteiger partial charge on any atom is 0.359 e. The fraction of sp³-hybridized carbons (Fsp3) is 0.429. The molecule has 0 amide bonds. The molecule has 5 rings (SSSR count). The van der Waals surface area contributed by atoms with Crippen LogP contribution in [0.2, 0.25) is 0 Å². The minimum atomic E-state index is -1.99. The van der Waals surface area contributed by atoms with Crippen LogP contribution in [0.3, 0.4) is 0 Å². The van der Waals surface area contributed by atoms with Crippen LogP contribution in [0.15, 0.2) is 24.4 Å². The summed E-state index contributed by atoms with van der Waals surface area (Å²) in [4.78, 5) is 23.8. The zero-order valence-corrected chi connectivity index (χ0v) is 17.8. The highest BCUT2D eigenvalue weighted by atomic mass is 35.5. The average Bonchev–Trinajstić information content (AvgIpc) is 3.08. The number of nitro benzene ring substituents is 1. The molecule has 9 nitrogen and oxygen atoms in total. The van der Waals surface area contributed by atoms with Crippen LogP contribution in [0.1, 0.15) is 38.3 Å². The number of aromatic hydroxyl groups is 1. The minimum absolute atomic E-state index is 0. The van der Waals surface area contributed by atoms with Gasteiger partial charge in [-0.15, -0.1) is 0 Å². The predicted molar refractivity (Wildman–Crippen MR) is 106 cm³/mol. The molecule has 0 saturated carbocycles. The lowest BCUT2D eigenvalue weighted by molar-refractivity contribution is -0.714. The molecule has 0 fully saturated rings. The Morgan fingerprint density at radius 3 is 2.81 bits per heavy atom. The van der Waals surface area contributed by atoms with Gasteiger partial charge in [0, 0.05) is 30.4 Å². The lowest BCUT2D eigenvalue weighted by Crippen LogP contribution is -3.00. The SMILES string of the molecule is CC[C@@]12CCC[n+]3cc(O)c4c5cc([N+](=O)[O-])ccc5n(c4c31)C(O)(C(=O)OC)C2.[Cl-]. The van der Waals surface area contributed by atoms with Crippen molar-refractivity contribution in [3.63, 3.8) is 0 Å². The number of esters is 1. The Balaban J connectivity index is 0.00000231. The van der Waals surface area contributed by atoms with Gasteiger partial charge in [-0.25, -0.2) is 4.79 Å². The lowest BCUT2D eigenvalue weighted by Gasteiger charge is -2.44. The number of halogens is 1. The summed E-state index contributed by atoms with van der Waals surface area (Å²) in [7, 11) is 1.23. The number of pyridine rings is 1. The quantitative estimate of drug-likeness (QED) is 0.239. The zero-order valence-electron chi connectivity index (χ0n) is 17.1. The van der Waals surface area contributed by atoms with Crippen LogP contribution in [0, 0.1) is 10.1 Å². The molecule has 164 valence electrons. The van der Waals surface area contributed by atoms with E-state index in [-0.39, 0.29) is 30.3 Å². The molecule has 2 N–H and O–H groups in total. The second-order valence-corrected chi connectivity index (χ2v) is 8.30. The summed E-state index contributed by atoms with van der Waals surface area (Å²) < 4.78 is 8.48. The van der Waals surface area contributed by atoms with Crippen molar-refractivity contribution in [2.24, 2.45) is 0 Å². The normalized spacial score (nSPS) is 24.1. The van der Waals surface area contributed by atoms with Crippen molar-refractivity contribution >= 4 is 33.5 Å². The van der Waals surface area contributed by atoms with Crippen molar-refractivity contribution in [2.45, 2.75) is 50.3 Å². The van der Waals surface area contributed by atoms with Crippen molar-refractivity contribution in [3.05, 3.63) is 40.2 Å². The van der Waals surface area contributed by atoms with Crippen molar-refractivity contribution in [3.8, 4) is 5.75 Å². The van der Waals surface area contributed by atoms with E-state index in [4.69, 9.17) is 4.74 Å². The van der Waals surface area contributed by atoms with Gasteiger partial charge in [-0.2, -0.15) is 4.57 Å². The Morgan fingerprint density at radius 2 is 2.16 bits per heavy atom. The first-order valence-corrected chi connectivity index (χ1v) is 9.97. The molecule has 1 aromatic carbocycles. The zero-order chi connectivity index (χ0) is 21.4. The van der Waals surface area contributed by atoms with Crippen LogP contribution in [-0.2, 0) is 27.2 Å². The Hall–Kier alpha value is -2.91. The standard InChI is InChI=1S/C21H21N3O6.ClH/c1-3-20-7-4-8-22-10-15(25)16-13-9-12(24(28)29)5-6-14(13)23(17(16)18(20)22)21(27,11-20)19(26)30-2;/h5-6,9-10,27H,3-4,7-8,11H2,1-2H3;1H/t20-,21?;/m0./s1. The maximum atomic E-state index is 12.9. The molecule has 31 heavy (non-hydrogen) atoms. The Labute approximate surface area is 183 Å². The third kappa shape index (κ3) is 2.53. The van der Waals surface area contributed by atoms with Gasteiger partial charge >= 0.3 is 5.97 Å². The van der Waals surface area contributed by atoms with Crippen LogP contribution in [0.4, 0.5) is 5.69 Å². The van der Waals surface area contributed by atoms with Gasteiger partial charge in [0.1, 0.15) is 12.1 Å². The molecule has 10 heteroatoms. The fourth-order valence-corrected chi connectivity index (χ4v) is 5.63. The monoisotopic (exact) mass is 447 g/mol. The number of fused-ring (bicyclic) bond motifs is 3. The Kier molecular flexibility index (Phi) is 4.68. The van der Waals surface area contributed by atoms with E-state index in [1.807, 2.05) is 11.5 Å². The minimum Gasteiger partial charge on any atom is -1.00 e. The topological polar surface area (TPSA) is 119 Å². The highest BCUT2D eigenvalue weighted by Gasteiger charge is 2.58. The number of hydrogen-bond donors (Lipinski definition) is 2. The number of methoxy groups -OCH3 is 1. The molecule has 0 radical (unpaired) electrons. The summed E-state index contributed by atoms with van der Waals surface area (Å²) in [5, 5.41) is 34.8. The number of aliphatic hydroxyl groups is 1. The van der Waals surface area contributed by atoms with Gasteiger partial charge in [0.25, 0.3) is 5.69 Å². The number of carbonyl (C=O) groups is 1. The van der Waals surface area contributed by atoms with E-state index in [0.717, 1.165) is 18.5 Å². The van der Waals surface area contributed by atoms with E-state index >= 15 is 0 Å². The molecule has 2 atom stereocenters. The van der Waals surface area contributed by atoms with Gasteiger partial charge in [0.15, 0.2) is 5.75 Å². The molecule has 4 heterocycles. The summed E-state index contributed by atoms with van der Waals surface area (Å²) in [6.45, 7) is 2.73. The molecule has 1 unspecified atom stereocenters. The van der Waals surface area contributed by atoms with E-state index in [1.165, 1.54) is 29.9 Å². The first kappa shape index (κ1) is 21.3. The van der Waals surface area contributed by atoms with Crippen molar-refractivity contribution < 1.29 is 41.6 Å². The van der Waals surface area contributed by atoms with Crippen molar-refractivity contribution in [1.29, 1.82) is 0 Å². The highest BCUT2D eigenvalue weighted by Crippen LogP contribution is 2.53. The summed E-state index contributed by atoms with van der Waals surface area (Å²) >= 11 is 0. The summed E-state index contributed by atoms with van der Waals surface area (Å²) in [6, 6.07) is 4.23. The van der Waals surface area contributed by atoms with Crippen molar-refractivity contribution in [1.82, 2.24) is 4.57 Å². The van der Waals surface area contributed by atoms with Crippen LogP contribution in [-0.4, -0.2) is 32.8 Å². The molecule has 2 aliphatic heterocycles. The molecule has 3 aromatic rings. The highest BCUT2D eigenvalue weighted by molar-refractivity contribution is 6.13. The first-order chi connectivity index (χ1) is 14.3. The van der Waals surface area contributed by atoms with Gasteiger partial charge in [0.05, 0.1) is 28.4 Å². The largest absolute Gasteiger partial charge is 1.00 e. The molecular weight excluding hydrogens is 426 g/mol. The number of carbonyl (C=O) groups excluding carboxylic acids is 1. The molecule has 2 aliphatic rings. The molecule has 0 aliphatic carbocycles. The molecular formula is C21H22ClN3O6. The van der Waals surface area contributed by atoms with Gasteiger partial charge in [-0.3, -0.25) is 14.7 Å². The second kappa shape index (κ2) is 6.80. The van der Waals surface area contributed by atoms with Gasteiger partial charge in [0.2, 0.25) is 17.6 Å². The van der Waals surface area contributed by atoms with Crippen LogP contribution in [0.25, 0.3) is 21.8 Å². The number of nitro groups is 1. The first-order valence-electron chi connectivity index (χ1n) is 9.97. The average molecular weight is 448 g/mol. The number of nitrogens with zero attached hydrogens (tertiary/aromatic N) is 3. The van der Waals surface area contributed by atoms with Gasteiger partial charge in [-0.05, 0) is 18.9 Å². The number of ether oxygens (including phenoxy) is 1. The number of rotatable bonds is 3. The smallest absolute Gasteiger partial charge is 0.359 e. The second-order valence-electron chi connectivity index (χ2n) is 8.30. The van der Waals surface area contributed by atoms with E-state index < -0.39 is 22.0 Å². The maximum absolute atomic E-state index is 12.9. The molecule has 0 saturated heterocycles. The Bertz CT molecular complexity index is 1270. The van der Waals surface area contributed by atoms with E-state index in [0.29, 0.717) is 34.8 Å². The van der Waals surface area contributed by atoms with Gasteiger partial charge < -0.3 is 27.4 Å². The van der Waals surface area contributed by atoms with Crippen LogP contribution in [0.5, 0.6) is 5.75 Å². The van der Waals surface area contributed by atoms with E-state index in [9.17, 15) is 25.1 Å². The third-order valence-electron chi connectivity index (χ3n) is 6.91. The van der Waals surface area contributed by atoms with E-state index in [2.05, 4.69) is 0 Å². The fourth-order valence-electron chi connectivity index (χ4n) is 5.63. The number of aromatic nitrogens is 2. The van der Waals surface area contributed by atoms with Crippen LogP contribution >= 0.6 is 0 Å². The number of non-ortho nitro benzene ring substituents is 1. The number of aryl methyl sites for hydroxylation is 1. The van der Waals surface area contributed by atoms with Crippen molar-refractivity contribution in [2.75, 3.05) is 7.11 Å². The van der Waals surface area contributed by atoms with E-state index in [1.54, 1.807) is 6.20 Å². The summed E-state index contributed by atoms with van der Waals surface area (Å²) in [5.74, 6) is -0.836. The number of hydrogen-bond acceptors (Lipinski definition) is 6. The lowest BCUT2D eigenvalue weighted by atomic mass is 9.67. The predicted octanol–water partition coefficient (Wildman–Crippen LogP) is -0.637. The molecule has 0 spiro atoms. The van der Waals surface area contributed by atoms with Crippen LogP contribution < -0.4 is 17.0 Å². The number of benzene rings is 1.